The number of nitrogens with two attached hydrogens (primary N) is 1. The predicted octanol–water partition coefficient (Wildman–Crippen LogP) is 4.09. The molecule has 84 valence electrons. The van der Waals surface area contributed by atoms with E-state index in [2.05, 4.69) is 13.8 Å². The molecule has 0 radical (unpaired) electrons. The first-order chi connectivity index (χ1) is 7.06. The van der Waals surface area contributed by atoms with E-state index in [1.807, 2.05) is 24.3 Å². The van der Waals surface area contributed by atoms with Gasteiger partial charge in [-0.25, -0.2) is 0 Å². The predicted molar refractivity (Wildman–Crippen MR) is 67.1 cm³/mol. The van der Waals surface area contributed by atoms with E-state index in [1.54, 1.807) is 0 Å². The van der Waals surface area contributed by atoms with E-state index in [0.29, 0.717) is 0 Å². The van der Waals surface area contributed by atoms with Crippen LogP contribution in [0.3, 0.4) is 0 Å². The number of rotatable bonds is 5. The zero-order valence-electron chi connectivity index (χ0n) is 9.59. The Morgan fingerprint density at radius 1 is 1.20 bits per heavy atom. The van der Waals surface area contributed by atoms with Gasteiger partial charge in [-0.05, 0) is 31.0 Å². The standard InChI is InChI=1S/C13H20ClN/c1-3-4-5-10-13(2,15)11-6-8-12(14)9-7-11/h6-9H,3-5,10,15H2,1-2H3. The van der Waals surface area contributed by atoms with Crippen LogP contribution in [0.2, 0.25) is 5.02 Å². The van der Waals surface area contributed by atoms with E-state index < -0.39 is 0 Å². The molecule has 0 aliphatic carbocycles. The first kappa shape index (κ1) is 12.5. The molecule has 0 aliphatic heterocycles. The molecule has 0 heterocycles. The minimum Gasteiger partial charge on any atom is -0.322 e. The molecular formula is C13H20ClN. The summed E-state index contributed by atoms with van der Waals surface area (Å²) in [5.41, 5.74) is 7.23. The van der Waals surface area contributed by atoms with Crippen molar-refractivity contribution in [1.82, 2.24) is 0 Å². The smallest absolute Gasteiger partial charge is 0.0406 e. The van der Waals surface area contributed by atoms with Gasteiger partial charge in [-0.15, -0.1) is 0 Å². The summed E-state index contributed by atoms with van der Waals surface area (Å²) in [5, 5.41) is 0.767. The van der Waals surface area contributed by atoms with Crippen LogP contribution in [0.4, 0.5) is 0 Å². The van der Waals surface area contributed by atoms with Crippen molar-refractivity contribution in [3.8, 4) is 0 Å². The highest BCUT2D eigenvalue weighted by Crippen LogP contribution is 2.25. The zero-order chi connectivity index (χ0) is 11.3. The molecule has 0 saturated carbocycles. The Morgan fingerprint density at radius 3 is 2.33 bits per heavy atom. The van der Waals surface area contributed by atoms with Gasteiger partial charge in [-0.2, -0.15) is 0 Å². The highest BCUT2D eigenvalue weighted by atomic mass is 35.5. The number of benzene rings is 1. The summed E-state index contributed by atoms with van der Waals surface area (Å²) in [4.78, 5) is 0. The summed E-state index contributed by atoms with van der Waals surface area (Å²) >= 11 is 5.85. The lowest BCUT2D eigenvalue weighted by Gasteiger charge is -2.25. The lowest BCUT2D eigenvalue weighted by molar-refractivity contribution is 0.427. The van der Waals surface area contributed by atoms with Crippen molar-refractivity contribution in [2.24, 2.45) is 5.73 Å². The van der Waals surface area contributed by atoms with Gasteiger partial charge in [-0.3, -0.25) is 0 Å². The van der Waals surface area contributed by atoms with E-state index in [0.717, 1.165) is 11.4 Å². The van der Waals surface area contributed by atoms with Crippen molar-refractivity contribution < 1.29 is 0 Å². The van der Waals surface area contributed by atoms with Crippen LogP contribution >= 0.6 is 11.6 Å². The molecule has 0 bridgehead atoms. The second-order valence-electron chi connectivity index (χ2n) is 4.38. The summed E-state index contributed by atoms with van der Waals surface area (Å²) in [5.74, 6) is 0. The summed E-state index contributed by atoms with van der Waals surface area (Å²) in [6.45, 7) is 4.29. The summed E-state index contributed by atoms with van der Waals surface area (Å²) in [6, 6.07) is 7.85. The number of halogens is 1. The summed E-state index contributed by atoms with van der Waals surface area (Å²) in [6.07, 6.45) is 4.70. The van der Waals surface area contributed by atoms with Gasteiger partial charge in [0, 0.05) is 10.6 Å². The van der Waals surface area contributed by atoms with Crippen molar-refractivity contribution >= 4 is 11.6 Å². The highest BCUT2D eigenvalue weighted by molar-refractivity contribution is 6.30. The van der Waals surface area contributed by atoms with Gasteiger partial charge in [0.15, 0.2) is 0 Å². The third-order valence-electron chi connectivity index (χ3n) is 2.80. The van der Waals surface area contributed by atoms with Gasteiger partial charge in [0.1, 0.15) is 0 Å². The Balaban J connectivity index is 2.63. The molecule has 1 unspecified atom stereocenters. The average Bonchev–Trinajstić information content (AvgIpc) is 2.18. The molecule has 2 heteroatoms. The van der Waals surface area contributed by atoms with Crippen molar-refractivity contribution in [3.05, 3.63) is 34.9 Å². The minimum absolute atomic E-state index is 0.222. The molecule has 15 heavy (non-hydrogen) atoms. The Hall–Kier alpha value is -0.530. The zero-order valence-corrected chi connectivity index (χ0v) is 10.3. The van der Waals surface area contributed by atoms with Crippen LogP contribution < -0.4 is 5.73 Å². The third kappa shape index (κ3) is 3.84. The first-order valence-corrected chi connectivity index (χ1v) is 5.99. The van der Waals surface area contributed by atoms with Crippen LogP contribution in [-0.4, -0.2) is 0 Å². The molecule has 2 N–H and O–H groups in total. The summed E-state index contributed by atoms with van der Waals surface area (Å²) in [7, 11) is 0. The highest BCUT2D eigenvalue weighted by Gasteiger charge is 2.19. The van der Waals surface area contributed by atoms with E-state index in [9.17, 15) is 0 Å². The SMILES string of the molecule is CCCCCC(C)(N)c1ccc(Cl)cc1. The second kappa shape index (κ2) is 5.53. The number of hydrogen-bond donors (Lipinski definition) is 1. The Labute approximate surface area is 97.6 Å². The quantitative estimate of drug-likeness (QED) is 0.751. The van der Waals surface area contributed by atoms with Gasteiger partial charge in [0.2, 0.25) is 0 Å². The lowest BCUT2D eigenvalue weighted by atomic mass is 9.88. The molecule has 0 aromatic heterocycles. The van der Waals surface area contributed by atoms with E-state index >= 15 is 0 Å². The van der Waals surface area contributed by atoms with Crippen molar-refractivity contribution in [2.45, 2.75) is 45.1 Å². The monoisotopic (exact) mass is 225 g/mol. The largest absolute Gasteiger partial charge is 0.322 e. The number of unbranched alkanes of at least 4 members (excludes halogenated alkanes) is 2. The van der Waals surface area contributed by atoms with E-state index in [4.69, 9.17) is 17.3 Å². The van der Waals surface area contributed by atoms with Gasteiger partial charge in [0.05, 0.1) is 0 Å². The third-order valence-corrected chi connectivity index (χ3v) is 3.06. The molecule has 1 nitrogen and oxygen atoms in total. The van der Waals surface area contributed by atoms with E-state index in [1.165, 1.54) is 24.8 Å². The van der Waals surface area contributed by atoms with Gasteiger partial charge in [-0.1, -0.05) is 49.9 Å². The van der Waals surface area contributed by atoms with Gasteiger partial charge in [0.25, 0.3) is 0 Å². The molecule has 0 fully saturated rings. The van der Waals surface area contributed by atoms with Crippen LogP contribution in [0, 0.1) is 0 Å². The van der Waals surface area contributed by atoms with Crippen LogP contribution in [-0.2, 0) is 5.54 Å². The van der Waals surface area contributed by atoms with Crippen LogP contribution in [0.15, 0.2) is 24.3 Å². The van der Waals surface area contributed by atoms with Crippen LogP contribution in [0.1, 0.15) is 45.1 Å². The maximum atomic E-state index is 6.29. The maximum absolute atomic E-state index is 6.29. The minimum atomic E-state index is -0.222. The van der Waals surface area contributed by atoms with E-state index in [-0.39, 0.29) is 5.54 Å². The molecule has 1 aromatic carbocycles. The molecule has 0 amide bonds. The van der Waals surface area contributed by atoms with Crippen molar-refractivity contribution in [3.63, 3.8) is 0 Å². The maximum Gasteiger partial charge on any atom is 0.0406 e. The van der Waals surface area contributed by atoms with Crippen molar-refractivity contribution in [1.29, 1.82) is 0 Å². The van der Waals surface area contributed by atoms with Gasteiger partial charge >= 0.3 is 0 Å². The topological polar surface area (TPSA) is 26.0 Å². The molecule has 1 aromatic rings. The number of hydrogen-bond acceptors (Lipinski definition) is 1. The first-order valence-electron chi connectivity index (χ1n) is 5.61. The Bertz CT molecular complexity index is 290. The normalized spacial score (nSPS) is 14.9. The van der Waals surface area contributed by atoms with Gasteiger partial charge < -0.3 is 5.73 Å². The van der Waals surface area contributed by atoms with Crippen molar-refractivity contribution in [2.75, 3.05) is 0 Å². The average molecular weight is 226 g/mol. The molecule has 0 aliphatic rings. The fraction of sp³-hybridized carbons (Fsp3) is 0.538. The Kier molecular flexibility index (Phi) is 4.62. The van der Waals surface area contributed by atoms with Crippen LogP contribution in [0.25, 0.3) is 0 Å². The fourth-order valence-electron chi connectivity index (χ4n) is 1.72. The molecule has 0 spiro atoms. The molecule has 1 rings (SSSR count). The molecule has 1 atom stereocenters. The molecular weight excluding hydrogens is 206 g/mol. The van der Waals surface area contributed by atoms with Crippen LogP contribution in [0.5, 0.6) is 0 Å². The molecule has 0 saturated heterocycles. The lowest BCUT2D eigenvalue weighted by Crippen LogP contribution is -2.32. The fourth-order valence-corrected chi connectivity index (χ4v) is 1.84. The summed E-state index contributed by atoms with van der Waals surface area (Å²) < 4.78 is 0. The Morgan fingerprint density at radius 2 is 1.80 bits per heavy atom. The second-order valence-corrected chi connectivity index (χ2v) is 4.82.